The van der Waals surface area contributed by atoms with Gasteiger partial charge in [-0.3, -0.25) is 9.69 Å². The Morgan fingerprint density at radius 3 is 2.34 bits per heavy atom. The summed E-state index contributed by atoms with van der Waals surface area (Å²) in [6.07, 6.45) is 0.524. The van der Waals surface area contributed by atoms with Crippen molar-refractivity contribution in [3.63, 3.8) is 0 Å². The predicted octanol–water partition coefficient (Wildman–Crippen LogP) is 3.37. The number of benzene rings is 2. The van der Waals surface area contributed by atoms with E-state index < -0.39 is 11.8 Å². The van der Waals surface area contributed by atoms with Crippen LogP contribution in [0.3, 0.4) is 0 Å². The molecule has 1 spiro atoms. The number of halogens is 1. The van der Waals surface area contributed by atoms with Gasteiger partial charge in [-0.05, 0) is 67.1 Å². The Morgan fingerprint density at radius 1 is 1.10 bits per heavy atom. The lowest BCUT2D eigenvalue weighted by molar-refractivity contribution is -0.116. The minimum Gasteiger partial charge on any atom is -0.509 e. The third-order valence-electron chi connectivity index (χ3n) is 6.13. The van der Waals surface area contributed by atoms with Crippen LogP contribution in [0, 0.1) is 12.7 Å². The van der Waals surface area contributed by atoms with Crippen molar-refractivity contribution in [2.24, 2.45) is 0 Å². The Morgan fingerprint density at radius 2 is 1.72 bits per heavy atom. The number of nitrogens with zero attached hydrogens (tertiary/aromatic N) is 1. The van der Waals surface area contributed by atoms with Crippen LogP contribution < -0.4 is 5.32 Å². The lowest BCUT2D eigenvalue weighted by atomic mass is 9.85. The summed E-state index contributed by atoms with van der Waals surface area (Å²) in [5.74, 6) is -0.512. The average Bonchev–Trinajstić information content (AvgIpc) is 2.93. The third kappa shape index (κ3) is 3.43. The average molecular weight is 396 g/mol. The number of aryl methyl sites for hydroxylation is 1. The normalized spacial score (nSPS) is 20.2. The van der Waals surface area contributed by atoms with E-state index in [1.807, 2.05) is 30.0 Å². The number of likely N-dealkylation sites (tertiary alicyclic amines) is 1. The van der Waals surface area contributed by atoms with Crippen molar-refractivity contribution in [1.82, 2.24) is 10.2 Å². The lowest BCUT2D eigenvalue weighted by Gasteiger charge is -2.40. The molecule has 2 aliphatic rings. The molecule has 0 radical (unpaired) electrons. The molecule has 0 bridgehead atoms. The number of carbonyl (C=O) groups excluding carboxylic acids is 1. The second-order valence-corrected chi connectivity index (χ2v) is 7.96. The van der Waals surface area contributed by atoms with E-state index in [1.165, 1.54) is 12.1 Å². The maximum Gasteiger partial charge on any atom is 0.256 e. The van der Waals surface area contributed by atoms with Crippen molar-refractivity contribution in [2.45, 2.75) is 38.5 Å². The highest BCUT2D eigenvalue weighted by Crippen LogP contribution is 2.40. The highest BCUT2D eigenvalue weighted by molar-refractivity contribution is 6.23. The SMILES string of the molecule is Cc1ccc(-c2ccc(F)cc2)cc1C1=C(O)C2(CCN(C(C)O)CC2)NC1=O. The number of rotatable bonds is 3. The molecule has 2 aromatic carbocycles. The van der Waals surface area contributed by atoms with Crippen LogP contribution in [0.4, 0.5) is 4.39 Å². The van der Waals surface area contributed by atoms with Gasteiger partial charge in [0.15, 0.2) is 0 Å². The van der Waals surface area contributed by atoms with Crippen LogP contribution in [0.2, 0.25) is 0 Å². The molecule has 1 fully saturated rings. The summed E-state index contributed by atoms with van der Waals surface area (Å²) in [5, 5.41) is 23.9. The van der Waals surface area contributed by atoms with Crippen LogP contribution in [-0.2, 0) is 4.79 Å². The lowest BCUT2D eigenvalue weighted by Crippen LogP contribution is -2.54. The predicted molar refractivity (Wildman–Crippen MR) is 109 cm³/mol. The number of piperidine rings is 1. The molecule has 2 heterocycles. The first kappa shape index (κ1) is 19.6. The fourth-order valence-electron chi connectivity index (χ4n) is 4.29. The van der Waals surface area contributed by atoms with Crippen LogP contribution in [0.15, 0.2) is 48.2 Å². The summed E-state index contributed by atoms with van der Waals surface area (Å²) < 4.78 is 13.3. The van der Waals surface area contributed by atoms with Crippen molar-refractivity contribution in [1.29, 1.82) is 0 Å². The summed E-state index contributed by atoms with van der Waals surface area (Å²) >= 11 is 0. The van der Waals surface area contributed by atoms with Gasteiger partial charge in [-0.25, -0.2) is 4.39 Å². The monoisotopic (exact) mass is 396 g/mol. The molecule has 0 aromatic heterocycles. The molecular weight excluding hydrogens is 371 g/mol. The first-order valence-electron chi connectivity index (χ1n) is 9.86. The minimum atomic E-state index is -0.782. The summed E-state index contributed by atoms with van der Waals surface area (Å²) in [4.78, 5) is 14.8. The van der Waals surface area contributed by atoms with E-state index in [2.05, 4.69) is 5.32 Å². The highest BCUT2D eigenvalue weighted by atomic mass is 19.1. The summed E-state index contributed by atoms with van der Waals surface area (Å²) in [6, 6.07) is 11.9. The van der Waals surface area contributed by atoms with E-state index in [9.17, 15) is 19.4 Å². The second kappa shape index (κ2) is 7.28. The molecule has 2 aliphatic heterocycles. The first-order valence-corrected chi connectivity index (χ1v) is 9.86. The molecule has 6 heteroatoms. The fraction of sp³-hybridized carbons (Fsp3) is 0.348. The molecule has 1 atom stereocenters. The quantitative estimate of drug-likeness (QED) is 0.744. The van der Waals surface area contributed by atoms with Gasteiger partial charge in [0, 0.05) is 13.1 Å². The van der Waals surface area contributed by atoms with Gasteiger partial charge in [0.05, 0.1) is 5.57 Å². The molecule has 0 aliphatic carbocycles. The molecule has 0 saturated carbocycles. The van der Waals surface area contributed by atoms with Gasteiger partial charge in [-0.2, -0.15) is 0 Å². The third-order valence-corrected chi connectivity index (χ3v) is 6.13. The van der Waals surface area contributed by atoms with Crippen molar-refractivity contribution in [3.8, 4) is 11.1 Å². The number of aliphatic hydroxyl groups is 2. The Bertz CT molecular complexity index is 974. The molecule has 4 rings (SSSR count). The maximum absolute atomic E-state index is 13.3. The molecule has 5 nitrogen and oxygen atoms in total. The zero-order valence-corrected chi connectivity index (χ0v) is 16.6. The standard InChI is InChI=1S/C23H25FN2O3/c1-14-3-4-17(16-5-7-18(24)8-6-16)13-19(14)20-21(28)23(25-22(20)29)9-11-26(12-10-23)15(2)27/h3-8,13,15,27-28H,9-12H2,1-2H3,(H,25,29). The molecule has 152 valence electrons. The van der Waals surface area contributed by atoms with E-state index in [4.69, 9.17) is 0 Å². The van der Waals surface area contributed by atoms with Crippen molar-refractivity contribution >= 4 is 11.5 Å². The van der Waals surface area contributed by atoms with Crippen LogP contribution in [0.5, 0.6) is 0 Å². The van der Waals surface area contributed by atoms with Gasteiger partial charge >= 0.3 is 0 Å². The number of hydrogen-bond donors (Lipinski definition) is 3. The van der Waals surface area contributed by atoms with Crippen molar-refractivity contribution in [2.75, 3.05) is 13.1 Å². The van der Waals surface area contributed by atoms with Crippen LogP contribution >= 0.6 is 0 Å². The summed E-state index contributed by atoms with van der Waals surface area (Å²) in [7, 11) is 0. The Kier molecular flexibility index (Phi) is 4.92. The van der Waals surface area contributed by atoms with Gasteiger partial charge in [0.2, 0.25) is 0 Å². The van der Waals surface area contributed by atoms with Crippen molar-refractivity contribution in [3.05, 3.63) is 65.2 Å². The molecule has 1 saturated heterocycles. The van der Waals surface area contributed by atoms with Gasteiger partial charge in [0.25, 0.3) is 5.91 Å². The van der Waals surface area contributed by atoms with Crippen LogP contribution in [0.1, 0.15) is 30.9 Å². The first-order chi connectivity index (χ1) is 13.8. The number of nitrogens with one attached hydrogen (secondary N) is 1. The van der Waals surface area contributed by atoms with Gasteiger partial charge < -0.3 is 15.5 Å². The Hall–Kier alpha value is -2.70. The number of hydrogen-bond acceptors (Lipinski definition) is 4. The molecule has 1 amide bonds. The number of carbonyl (C=O) groups is 1. The van der Waals surface area contributed by atoms with Crippen molar-refractivity contribution < 1.29 is 19.4 Å². The van der Waals surface area contributed by atoms with E-state index in [0.29, 0.717) is 37.1 Å². The van der Waals surface area contributed by atoms with E-state index in [-0.39, 0.29) is 17.5 Å². The summed E-state index contributed by atoms with van der Waals surface area (Å²) in [5.41, 5.74) is 2.77. The minimum absolute atomic E-state index is 0.0760. The Balaban J connectivity index is 1.72. The summed E-state index contributed by atoms with van der Waals surface area (Å²) in [6.45, 7) is 4.79. The zero-order valence-electron chi connectivity index (χ0n) is 16.6. The zero-order chi connectivity index (χ0) is 20.8. The van der Waals surface area contributed by atoms with E-state index in [0.717, 1.165) is 16.7 Å². The van der Waals surface area contributed by atoms with Gasteiger partial charge in [-0.1, -0.05) is 24.3 Å². The van der Waals surface area contributed by atoms with Crippen LogP contribution in [-0.4, -0.2) is 45.9 Å². The smallest absolute Gasteiger partial charge is 0.256 e. The highest BCUT2D eigenvalue weighted by Gasteiger charge is 2.48. The number of aliphatic hydroxyl groups excluding tert-OH is 2. The Labute approximate surface area is 169 Å². The van der Waals surface area contributed by atoms with Gasteiger partial charge in [-0.15, -0.1) is 0 Å². The largest absolute Gasteiger partial charge is 0.509 e. The van der Waals surface area contributed by atoms with Gasteiger partial charge in [0.1, 0.15) is 23.3 Å². The molecule has 2 aromatic rings. The second-order valence-electron chi connectivity index (χ2n) is 7.96. The van der Waals surface area contributed by atoms with E-state index >= 15 is 0 Å². The maximum atomic E-state index is 13.3. The molecule has 29 heavy (non-hydrogen) atoms. The fourth-order valence-corrected chi connectivity index (χ4v) is 4.29. The molecule has 1 unspecified atom stereocenters. The molecular formula is C23H25FN2O3. The topological polar surface area (TPSA) is 72.8 Å². The molecule has 3 N–H and O–H groups in total. The van der Waals surface area contributed by atoms with Crippen LogP contribution in [0.25, 0.3) is 16.7 Å². The van der Waals surface area contributed by atoms with E-state index in [1.54, 1.807) is 19.1 Å². The number of amides is 1.